The average Bonchev–Trinajstić information content (AvgIpc) is 2.72. The van der Waals surface area contributed by atoms with Crippen LogP contribution in [0.4, 0.5) is 0 Å². The SMILES string of the molecule is CC[C@@H](C)C(C)CCN1CCC[C@H]1C(=O)O. The number of nitrogens with zero attached hydrogens (tertiary/aromatic N) is 1. The number of rotatable bonds is 6. The number of hydrogen-bond donors (Lipinski definition) is 1. The first-order chi connectivity index (χ1) is 7.56. The topological polar surface area (TPSA) is 40.5 Å². The molecule has 1 heterocycles. The molecule has 0 radical (unpaired) electrons. The quantitative estimate of drug-likeness (QED) is 0.758. The summed E-state index contributed by atoms with van der Waals surface area (Å²) < 4.78 is 0. The summed E-state index contributed by atoms with van der Waals surface area (Å²) in [6, 6.07) is -0.218. The van der Waals surface area contributed by atoms with Gasteiger partial charge in [0, 0.05) is 0 Å². The summed E-state index contributed by atoms with van der Waals surface area (Å²) in [6.07, 6.45) is 4.20. The van der Waals surface area contributed by atoms with Gasteiger partial charge in [0.15, 0.2) is 0 Å². The van der Waals surface area contributed by atoms with Crippen molar-refractivity contribution in [1.82, 2.24) is 4.90 Å². The van der Waals surface area contributed by atoms with Gasteiger partial charge in [0.05, 0.1) is 0 Å². The first-order valence-electron chi connectivity index (χ1n) is 6.53. The van der Waals surface area contributed by atoms with Crippen LogP contribution in [0, 0.1) is 11.8 Å². The molecule has 0 aromatic heterocycles. The molecule has 94 valence electrons. The minimum atomic E-state index is -0.645. The summed E-state index contributed by atoms with van der Waals surface area (Å²) >= 11 is 0. The van der Waals surface area contributed by atoms with Crippen LogP contribution in [0.25, 0.3) is 0 Å². The Hall–Kier alpha value is -0.570. The molecule has 0 aromatic carbocycles. The highest BCUT2D eigenvalue weighted by atomic mass is 16.4. The molecule has 0 aliphatic carbocycles. The minimum Gasteiger partial charge on any atom is -0.480 e. The molecule has 3 heteroatoms. The van der Waals surface area contributed by atoms with E-state index in [4.69, 9.17) is 5.11 Å². The van der Waals surface area contributed by atoms with Crippen LogP contribution in [0.2, 0.25) is 0 Å². The summed E-state index contributed by atoms with van der Waals surface area (Å²) in [5.74, 6) is 0.791. The van der Waals surface area contributed by atoms with E-state index in [0.717, 1.165) is 38.3 Å². The molecule has 0 bridgehead atoms. The summed E-state index contributed by atoms with van der Waals surface area (Å²) in [5, 5.41) is 9.06. The lowest BCUT2D eigenvalue weighted by molar-refractivity contribution is -0.142. The van der Waals surface area contributed by atoms with Gasteiger partial charge in [0.1, 0.15) is 6.04 Å². The molecule has 1 fully saturated rings. The van der Waals surface area contributed by atoms with Crippen LogP contribution >= 0.6 is 0 Å². The van der Waals surface area contributed by atoms with Gasteiger partial charge < -0.3 is 5.11 Å². The third-order valence-corrected chi connectivity index (χ3v) is 4.14. The van der Waals surface area contributed by atoms with Crippen molar-refractivity contribution in [2.24, 2.45) is 11.8 Å². The van der Waals surface area contributed by atoms with Crippen molar-refractivity contribution >= 4 is 5.97 Å². The number of carboxylic acid groups (broad SMARTS) is 1. The maximum Gasteiger partial charge on any atom is 0.320 e. The van der Waals surface area contributed by atoms with Crippen molar-refractivity contribution in [2.45, 2.75) is 52.5 Å². The molecular formula is C13H25NO2. The van der Waals surface area contributed by atoms with Crippen LogP contribution in [0.1, 0.15) is 46.5 Å². The van der Waals surface area contributed by atoms with E-state index < -0.39 is 5.97 Å². The van der Waals surface area contributed by atoms with Crippen LogP contribution in [-0.2, 0) is 4.79 Å². The maximum atomic E-state index is 11.0. The standard InChI is InChI=1S/C13H25NO2/c1-4-10(2)11(3)7-9-14-8-5-6-12(14)13(15)16/h10-12H,4-9H2,1-3H3,(H,15,16)/t10-,11?,12+/m1/s1. The van der Waals surface area contributed by atoms with E-state index in [1.54, 1.807) is 0 Å². The van der Waals surface area contributed by atoms with Gasteiger partial charge in [0.2, 0.25) is 0 Å². The van der Waals surface area contributed by atoms with Gasteiger partial charge in [-0.25, -0.2) is 0 Å². The highest BCUT2D eigenvalue weighted by Crippen LogP contribution is 2.22. The monoisotopic (exact) mass is 227 g/mol. The molecule has 3 atom stereocenters. The zero-order valence-corrected chi connectivity index (χ0v) is 10.8. The Morgan fingerprint density at radius 2 is 2.12 bits per heavy atom. The predicted molar refractivity (Wildman–Crippen MR) is 65.5 cm³/mol. The summed E-state index contributed by atoms with van der Waals surface area (Å²) in [6.45, 7) is 8.69. The van der Waals surface area contributed by atoms with Crippen LogP contribution in [0.15, 0.2) is 0 Å². The molecule has 1 aliphatic rings. The van der Waals surface area contributed by atoms with Crippen molar-refractivity contribution in [3.8, 4) is 0 Å². The fourth-order valence-electron chi connectivity index (χ4n) is 2.43. The summed E-state index contributed by atoms with van der Waals surface area (Å²) in [4.78, 5) is 13.1. The summed E-state index contributed by atoms with van der Waals surface area (Å²) in [5.41, 5.74) is 0. The van der Waals surface area contributed by atoms with Crippen LogP contribution in [-0.4, -0.2) is 35.1 Å². The number of hydrogen-bond acceptors (Lipinski definition) is 2. The van der Waals surface area contributed by atoms with E-state index in [9.17, 15) is 4.79 Å². The molecule has 1 saturated heterocycles. The molecule has 1 aliphatic heterocycles. The number of aliphatic carboxylic acids is 1. The van der Waals surface area contributed by atoms with Crippen molar-refractivity contribution in [1.29, 1.82) is 0 Å². The Labute approximate surface area is 98.8 Å². The third-order valence-electron chi connectivity index (χ3n) is 4.14. The largest absolute Gasteiger partial charge is 0.480 e. The molecule has 1 unspecified atom stereocenters. The van der Waals surface area contributed by atoms with Gasteiger partial charge in [-0.1, -0.05) is 27.2 Å². The second kappa shape index (κ2) is 6.24. The van der Waals surface area contributed by atoms with E-state index in [0.29, 0.717) is 5.92 Å². The molecule has 0 amide bonds. The Kier molecular flexibility index (Phi) is 5.26. The lowest BCUT2D eigenvalue weighted by Gasteiger charge is -2.25. The molecule has 16 heavy (non-hydrogen) atoms. The maximum absolute atomic E-state index is 11.0. The summed E-state index contributed by atoms with van der Waals surface area (Å²) in [7, 11) is 0. The Bertz CT molecular complexity index is 230. The van der Waals surface area contributed by atoms with E-state index >= 15 is 0 Å². The third kappa shape index (κ3) is 3.48. The molecule has 3 nitrogen and oxygen atoms in total. The molecule has 1 N–H and O–H groups in total. The second-order valence-electron chi connectivity index (χ2n) is 5.18. The fraction of sp³-hybridized carbons (Fsp3) is 0.923. The fourth-order valence-corrected chi connectivity index (χ4v) is 2.43. The lowest BCUT2D eigenvalue weighted by Crippen LogP contribution is -2.37. The Morgan fingerprint density at radius 3 is 2.69 bits per heavy atom. The zero-order valence-electron chi connectivity index (χ0n) is 10.8. The van der Waals surface area contributed by atoms with Gasteiger partial charge in [-0.3, -0.25) is 9.69 Å². The molecular weight excluding hydrogens is 202 g/mol. The smallest absolute Gasteiger partial charge is 0.320 e. The Morgan fingerprint density at radius 1 is 1.44 bits per heavy atom. The lowest BCUT2D eigenvalue weighted by atomic mass is 9.90. The van der Waals surface area contributed by atoms with Crippen LogP contribution in [0.5, 0.6) is 0 Å². The van der Waals surface area contributed by atoms with E-state index in [1.807, 2.05) is 0 Å². The minimum absolute atomic E-state index is 0.218. The van der Waals surface area contributed by atoms with Gasteiger partial charge in [-0.05, 0) is 44.2 Å². The van der Waals surface area contributed by atoms with E-state index in [1.165, 1.54) is 6.42 Å². The van der Waals surface area contributed by atoms with Gasteiger partial charge >= 0.3 is 5.97 Å². The van der Waals surface area contributed by atoms with E-state index in [-0.39, 0.29) is 6.04 Å². The molecule has 0 spiro atoms. The second-order valence-corrected chi connectivity index (χ2v) is 5.18. The van der Waals surface area contributed by atoms with Crippen molar-refractivity contribution in [2.75, 3.05) is 13.1 Å². The zero-order chi connectivity index (χ0) is 12.1. The van der Waals surface area contributed by atoms with Gasteiger partial charge in [-0.15, -0.1) is 0 Å². The van der Waals surface area contributed by atoms with Crippen molar-refractivity contribution < 1.29 is 9.90 Å². The first-order valence-corrected chi connectivity index (χ1v) is 6.53. The van der Waals surface area contributed by atoms with E-state index in [2.05, 4.69) is 25.7 Å². The molecule has 0 aromatic rings. The predicted octanol–water partition coefficient (Wildman–Crippen LogP) is 2.61. The van der Waals surface area contributed by atoms with Gasteiger partial charge in [-0.2, -0.15) is 0 Å². The molecule has 0 saturated carbocycles. The normalized spacial score (nSPS) is 25.6. The number of likely N-dealkylation sites (tertiary alicyclic amines) is 1. The highest BCUT2D eigenvalue weighted by molar-refractivity contribution is 5.73. The first kappa shape index (κ1) is 13.5. The van der Waals surface area contributed by atoms with Crippen molar-refractivity contribution in [3.63, 3.8) is 0 Å². The van der Waals surface area contributed by atoms with Gasteiger partial charge in [0.25, 0.3) is 0 Å². The Balaban J connectivity index is 2.34. The van der Waals surface area contributed by atoms with Crippen molar-refractivity contribution in [3.05, 3.63) is 0 Å². The van der Waals surface area contributed by atoms with Crippen LogP contribution in [0.3, 0.4) is 0 Å². The highest BCUT2D eigenvalue weighted by Gasteiger charge is 2.30. The van der Waals surface area contributed by atoms with Crippen LogP contribution < -0.4 is 0 Å². The average molecular weight is 227 g/mol. The number of carboxylic acids is 1. The molecule has 1 rings (SSSR count). The number of carbonyl (C=O) groups is 1.